The number of halogens is 2. The molecule has 4 aliphatic carbocycles. The van der Waals surface area contributed by atoms with Gasteiger partial charge in [0.05, 0.1) is 28.2 Å². The van der Waals surface area contributed by atoms with Gasteiger partial charge in [-0.05, 0) is 244 Å². The maximum Gasteiger partial charge on any atom is 0.428 e. The first kappa shape index (κ1) is 84.6. The summed E-state index contributed by atoms with van der Waals surface area (Å²) < 4.78 is 81.6. The molecule has 9 aromatic rings. The molecule has 15 rings (SSSR count). The quantitative estimate of drug-likeness (QED) is 0.0205. The van der Waals surface area contributed by atoms with Gasteiger partial charge in [-0.15, -0.1) is 0 Å². The smallest absolute Gasteiger partial charge is 0.428 e. The van der Waals surface area contributed by atoms with Gasteiger partial charge >= 0.3 is 23.2 Å². The first-order chi connectivity index (χ1) is 52.0. The highest BCUT2D eigenvalue weighted by molar-refractivity contribution is 8.04. The Morgan fingerprint density at radius 2 is 1.07 bits per heavy atom. The van der Waals surface area contributed by atoms with Crippen LogP contribution in [0.1, 0.15) is 126 Å². The molecule has 0 saturated heterocycles. The standard InChI is InChI=1S/C24H25O3S.C20H17OS2.C16H26O2.C12H12O.C8H12F2O7S.C8H10O/c1-15-5-7-22-20(11-15)27-21-12-16(2)6-8-23(21)28(22)19-13-17(3)24(18(4)14-19)26-10-9-25;21-13-12-15-6-5-7-16(14-15)23-19-10-3-1-8-17(19)22-18-9-2-4-11-20(18)23;1-4-16(18-15(17)10(2)3)13-6-11-5-12(8-13)9-14(16)7-11;1-2-9-3-4-11-8-12(13)6-5-10(11)7-9;1-5(2)6(11)16-3-4-17-7(12)8(9,10)18(13,14)15;1-2-7-3-5-8(9)6-4-7/h5-8,11-14,25H,9-10H2,1-4H3;1-11,14,21H,12-13H2;10-14H,4-9H2,1-3H3;3-8,13H,2H2,1H3;5H,3-4H2,1-2H3,(H,13,14,15);3-6,9H,2H2,1H3/q2*+1;;;;/p-1. The molecule has 0 atom stereocenters. The van der Waals surface area contributed by atoms with Crippen molar-refractivity contribution in [1.82, 2.24) is 0 Å². The molecule has 580 valence electrons. The topological polar surface area (TPSA) is 235 Å². The number of benzene rings is 9. The van der Waals surface area contributed by atoms with Gasteiger partial charge in [-0.25, -0.2) is 13.2 Å². The fraction of sp³-hybridized carbons (Fsp3) is 0.375. The monoisotopic (exact) mass is 1560 g/mol. The minimum atomic E-state index is -6.13. The number of phenolic OH excluding ortho intramolecular Hbond substituents is 2. The summed E-state index contributed by atoms with van der Waals surface area (Å²) in [5, 5.41) is 33.6. The predicted octanol–water partition coefficient (Wildman–Crippen LogP) is 19.0. The Bertz CT molecular complexity index is 4570. The second-order valence-electron chi connectivity index (χ2n) is 28.5. The highest BCUT2D eigenvalue weighted by atomic mass is 32.2. The maximum atomic E-state index is 12.6. The Morgan fingerprint density at radius 3 is 1.60 bits per heavy atom. The van der Waals surface area contributed by atoms with Crippen molar-refractivity contribution < 1.29 is 80.2 Å². The number of alkyl halides is 2. The zero-order chi connectivity index (χ0) is 78.9. The van der Waals surface area contributed by atoms with Crippen molar-refractivity contribution in [2.24, 2.45) is 35.5 Å². The Labute approximate surface area is 650 Å². The van der Waals surface area contributed by atoms with E-state index in [1.54, 1.807) is 24.3 Å². The number of hydrogen-bond donors (Lipinski definition) is 4. The van der Waals surface area contributed by atoms with Gasteiger partial charge in [-0.1, -0.05) is 145 Å². The van der Waals surface area contributed by atoms with E-state index in [0.717, 1.165) is 64.9 Å². The average Bonchev–Trinajstić information content (AvgIpc) is 0.736. The van der Waals surface area contributed by atoms with E-state index >= 15 is 0 Å². The molecular formula is C88H101F2O15S4+. The van der Waals surface area contributed by atoms with Crippen molar-refractivity contribution in [1.29, 1.82) is 0 Å². The molecule has 21 heteroatoms. The maximum absolute atomic E-state index is 12.6. The molecule has 2 heterocycles. The summed E-state index contributed by atoms with van der Waals surface area (Å²) in [6, 6.07) is 62.5. The molecule has 4 fully saturated rings. The minimum Gasteiger partial charge on any atom is -0.743 e. The van der Waals surface area contributed by atoms with E-state index < -0.39 is 46.4 Å². The van der Waals surface area contributed by atoms with E-state index in [1.807, 2.05) is 49.9 Å². The molecule has 0 spiro atoms. The lowest BCUT2D eigenvalue weighted by Gasteiger charge is -2.60. The third-order valence-electron chi connectivity index (χ3n) is 19.8. The van der Waals surface area contributed by atoms with Gasteiger partial charge in [0.15, 0.2) is 41.2 Å². The molecule has 9 aromatic carbocycles. The van der Waals surface area contributed by atoms with Crippen LogP contribution in [0.5, 0.6) is 28.7 Å². The number of rotatable bonds is 18. The summed E-state index contributed by atoms with van der Waals surface area (Å²) in [4.78, 5) is 44.1. The van der Waals surface area contributed by atoms with Gasteiger partial charge in [0, 0.05) is 18.7 Å². The van der Waals surface area contributed by atoms with Crippen LogP contribution < -0.4 is 9.47 Å². The number of aryl methyl sites for hydroxylation is 6. The van der Waals surface area contributed by atoms with Crippen LogP contribution in [-0.2, 0) is 79.8 Å². The minimum absolute atomic E-state index is 0.00520. The van der Waals surface area contributed by atoms with Gasteiger partial charge in [0.25, 0.3) is 0 Å². The first-order valence-electron chi connectivity index (χ1n) is 37.2. The molecule has 6 aliphatic rings. The Balaban J connectivity index is 0.000000155. The first-order valence-corrected chi connectivity index (χ1v) is 41.9. The van der Waals surface area contributed by atoms with Crippen LogP contribution in [0, 0.1) is 63.2 Å². The number of hydrogen-bond acceptors (Lipinski definition) is 16. The normalized spacial score (nSPS) is 17.7. The molecular weight excluding hydrogens is 1460 g/mol. The Hall–Kier alpha value is -8.41. The number of aliphatic hydroxyl groups excluding tert-OH is 2. The van der Waals surface area contributed by atoms with Gasteiger partial charge < -0.3 is 48.7 Å². The molecule has 0 amide bonds. The van der Waals surface area contributed by atoms with Crippen LogP contribution in [0.4, 0.5) is 8.78 Å². The van der Waals surface area contributed by atoms with Crippen molar-refractivity contribution in [2.45, 2.75) is 184 Å². The number of aromatic hydroxyl groups is 2. The molecule has 109 heavy (non-hydrogen) atoms. The van der Waals surface area contributed by atoms with Crippen LogP contribution in [0.3, 0.4) is 0 Å². The van der Waals surface area contributed by atoms with E-state index in [2.05, 4.69) is 191 Å². The van der Waals surface area contributed by atoms with Crippen LogP contribution in [0.2, 0.25) is 0 Å². The summed E-state index contributed by atoms with van der Waals surface area (Å²) >= 11 is 1.86. The number of ether oxygens (including phenoxy) is 5. The van der Waals surface area contributed by atoms with Crippen molar-refractivity contribution >= 4 is 72.4 Å². The van der Waals surface area contributed by atoms with E-state index in [4.69, 9.17) is 24.4 Å². The third-order valence-corrected chi connectivity index (χ3v) is 26.6. The molecule has 2 aliphatic heterocycles. The van der Waals surface area contributed by atoms with E-state index in [-0.39, 0.29) is 52.5 Å². The van der Waals surface area contributed by atoms with Gasteiger partial charge in [0.1, 0.15) is 64.5 Å². The van der Waals surface area contributed by atoms with Crippen molar-refractivity contribution in [2.75, 3.05) is 33.0 Å². The molecule has 15 nitrogen and oxygen atoms in total. The predicted molar refractivity (Wildman–Crippen MR) is 424 cm³/mol. The van der Waals surface area contributed by atoms with Crippen LogP contribution in [0.15, 0.2) is 221 Å². The van der Waals surface area contributed by atoms with E-state index in [1.165, 1.54) is 118 Å². The lowest BCUT2D eigenvalue weighted by molar-refractivity contribution is -0.213. The van der Waals surface area contributed by atoms with Gasteiger partial charge in [-0.2, -0.15) is 8.78 Å². The van der Waals surface area contributed by atoms with E-state index in [9.17, 15) is 46.3 Å². The number of carbonyl (C=O) groups is 3. The number of fused-ring (bicyclic) bond motifs is 5. The van der Waals surface area contributed by atoms with Crippen LogP contribution in [-0.4, -0.2) is 95.2 Å². The van der Waals surface area contributed by atoms with Crippen molar-refractivity contribution in [3.8, 4) is 28.7 Å². The molecule has 0 radical (unpaired) electrons. The van der Waals surface area contributed by atoms with Gasteiger partial charge in [-0.3, -0.25) is 9.59 Å². The summed E-state index contributed by atoms with van der Waals surface area (Å²) in [6.07, 6.45) is 10.5. The largest absolute Gasteiger partial charge is 0.743 e. The van der Waals surface area contributed by atoms with E-state index in [0.29, 0.717) is 36.4 Å². The second kappa shape index (κ2) is 38.5. The Kier molecular flexibility index (Phi) is 29.9. The Morgan fingerprint density at radius 1 is 0.560 bits per heavy atom. The summed E-state index contributed by atoms with van der Waals surface area (Å²) in [5.74, 6) is 3.02. The number of aliphatic hydroxyl groups is 2. The zero-order valence-corrected chi connectivity index (χ0v) is 67.1. The number of esters is 3. The number of carbonyl (C=O) groups excluding carboxylic acids is 3. The molecule has 0 aromatic heterocycles. The highest BCUT2D eigenvalue weighted by Crippen LogP contribution is 2.61. The lowest BCUT2D eigenvalue weighted by atomic mass is 9.49. The highest BCUT2D eigenvalue weighted by Gasteiger charge is 2.59. The molecule has 4 saturated carbocycles. The molecule has 4 bridgehead atoms. The van der Waals surface area contributed by atoms with Crippen molar-refractivity contribution in [3.05, 3.63) is 221 Å². The third kappa shape index (κ3) is 21.4. The van der Waals surface area contributed by atoms with Gasteiger partial charge in [0.2, 0.25) is 9.79 Å². The van der Waals surface area contributed by atoms with Crippen molar-refractivity contribution in [3.63, 3.8) is 0 Å². The summed E-state index contributed by atoms with van der Waals surface area (Å²) in [7, 11) is -6.45. The van der Waals surface area contributed by atoms with Crippen LogP contribution in [0.25, 0.3) is 10.8 Å². The average molecular weight is 1570 g/mol. The number of phenols is 2. The summed E-state index contributed by atoms with van der Waals surface area (Å²) in [5.41, 5.74) is 8.25. The second-order valence-corrected chi connectivity index (χ2v) is 35.0. The zero-order valence-electron chi connectivity index (χ0n) is 63.9. The lowest BCUT2D eigenvalue weighted by Crippen LogP contribution is -2.59. The fourth-order valence-corrected chi connectivity index (χ4v) is 20.9. The molecule has 4 N–H and O–H groups in total. The molecule has 0 unspecified atom stereocenters. The van der Waals surface area contributed by atoms with Crippen LogP contribution >= 0.6 is 11.8 Å². The SMILES string of the molecule is CC(C)C(=O)OCCOC(=O)C(F)(F)S(=O)(=O)[O-].CCC1(OC(=O)C(C)C)C2CC3CC(C2)CC1C3.CCc1ccc(O)cc1.CCc1ccc2cc(O)ccc2c1.Cc1ccc2c(c1)Oc1cc(C)ccc1[S+]2c1cc(C)c(OCCO)c(C)c1.OCCc1cccc([S+]2c3ccccc3Sc3ccccc32)c1. The fourth-order valence-electron chi connectivity index (χ4n) is 14.4. The summed E-state index contributed by atoms with van der Waals surface area (Å²) in [6.45, 7) is 20.9.